The fourth-order valence-corrected chi connectivity index (χ4v) is 2.89. The Morgan fingerprint density at radius 3 is 3.04 bits per heavy atom. The molecule has 1 aromatic rings. The van der Waals surface area contributed by atoms with Crippen LogP contribution in [0.2, 0.25) is 0 Å². The van der Waals surface area contributed by atoms with Crippen molar-refractivity contribution in [2.45, 2.75) is 24.5 Å². The Hall–Kier alpha value is -1.78. The van der Waals surface area contributed by atoms with Gasteiger partial charge in [-0.05, 0) is 25.5 Å². The average molecular weight is 344 g/mol. The second-order valence-electron chi connectivity index (χ2n) is 4.80. The molecule has 0 amide bonds. The molecule has 2 rings (SSSR count). The van der Waals surface area contributed by atoms with E-state index in [1.807, 2.05) is 0 Å². The lowest BCUT2D eigenvalue weighted by molar-refractivity contribution is -0.0238. The van der Waals surface area contributed by atoms with Crippen LogP contribution in [0.1, 0.15) is 19.1 Å². The van der Waals surface area contributed by atoms with Crippen molar-refractivity contribution in [3.63, 3.8) is 0 Å². The molecular formula is C13H20N4O5S. The molecule has 1 aromatic heterocycles. The van der Waals surface area contributed by atoms with E-state index in [4.69, 9.17) is 25.7 Å². The van der Waals surface area contributed by atoms with Crippen LogP contribution in [0.5, 0.6) is 0 Å². The number of rotatable bonds is 7. The zero-order chi connectivity index (χ0) is 16.7. The molecule has 23 heavy (non-hydrogen) atoms. The van der Waals surface area contributed by atoms with Crippen molar-refractivity contribution in [3.05, 3.63) is 22.7 Å². The minimum atomic E-state index is -0.735. The van der Waals surface area contributed by atoms with Gasteiger partial charge in [-0.15, -0.1) is 11.8 Å². The van der Waals surface area contributed by atoms with E-state index in [9.17, 15) is 9.59 Å². The number of anilines is 1. The first-order chi connectivity index (χ1) is 11.1. The molecular weight excluding hydrogens is 324 g/mol. The summed E-state index contributed by atoms with van der Waals surface area (Å²) in [6.07, 6.45) is 1.83. The molecule has 0 radical (unpaired) electrons. The van der Waals surface area contributed by atoms with E-state index in [1.54, 1.807) is 0 Å². The number of nitrogens with zero attached hydrogens (tertiary/aromatic N) is 2. The first kappa shape index (κ1) is 17.6. The van der Waals surface area contributed by atoms with Crippen molar-refractivity contribution in [1.29, 1.82) is 0 Å². The summed E-state index contributed by atoms with van der Waals surface area (Å²) < 4.78 is 16.9. The molecule has 1 aliphatic rings. The standard InChI is InChI=1S/C13H20N4O5S/c14-4-1-2-6-20-13(19)21-7-11-22-10(8-23-11)17-5-3-9(15)16-12(17)18/h3,5,10-11H,1-2,4,6-8,14H2,(H2,15,16,18)/t10-,11-/m0/s1. The van der Waals surface area contributed by atoms with Gasteiger partial charge in [-0.2, -0.15) is 4.98 Å². The van der Waals surface area contributed by atoms with Gasteiger partial charge >= 0.3 is 11.8 Å². The topological polar surface area (TPSA) is 132 Å². The summed E-state index contributed by atoms with van der Waals surface area (Å²) in [6, 6.07) is 1.53. The Balaban J connectivity index is 1.73. The first-order valence-electron chi connectivity index (χ1n) is 7.21. The monoisotopic (exact) mass is 344 g/mol. The summed E-state index contributed by atoms with van der Waals surface area (Å²) >= 11 is 1.44. The first-order valence-corrected chi connectivity index (χ1v) is 8.26. The molecule has 1 fully saturated rings. The third-order valence-corrected chi connectivity index (χ3v) is 4.15. The Morgan fingerprint density at radius 1 is 1.48 bits per heavy atom. The van der Waals surface area contributed by atoms with Gasteiger partial charge in [-0.25, -0.2) is 9.59 Å². The highest BCUT2D eigenvalue weighted by molar-refractivity contribution is 8.00. The largest absolute Gasteiger partial charge is 0.508 e. The molecule has 2 atom stereocenters. The lowest BCUT2D eigenvalue weighted by atomic mass is 10.3. The zero-order valence-corrected chi connectivity index (χ0v) is 13.4. The highest BCUT2D eigenvalue weighted by atomic mass is 32.2. The van der Waals surface area contributed by atoms with Crippen LogP contribution in [0.15, 0.2) is 17.1 Å². The number of nitrogens with two attached hydrogens (primary N) is 2. The minimum Gasteiger partial charge on any atom is -0.434 e. The number of nitrogen functional groups attached to an aromatic ring is 1. The molecule has 0 aliphatic carbocycles. The van der Waals surface area contributed by atoms with Crippen molar-refractivity contribution in [1.82, 2.24) is 9.55 Å². The van der Waals surface area contributed by atoms with Gasteiger partial charge in [0.25, 0.3) is 0 Å². The molecule has 0 spiro atoms. The molecule has 0 unspecified atom stereocenters. The Kier molecular flexibility index (Phi) is 6.68. The molecule has 1 aliphatic heterocycles. The fourth-order valence-electron chi connectivity index (χ4n) is 1.90. The van der Waals surface area contributed by atoms with Gasteiger partial charge in [0.15, 0.2) is 0 Å². The Bertz CT molecular complexity index is 582. The fraction of sp³-hybridized carbons (Fsp3) is 0.615. The number of carbonyl (C=O) groups is 1. The highest BCUT2D eigenvalue weighted by Crippen LogP contribution is 2.31. The number of unbranched alkanes of at least 4 members (excludes halogenated alkanes) is 1. The van der Waals surface area contributed by atoms with Crippen molar-refractivity contribution in [2.24, 2.45) is 5.73 Å². The summed E-state index contributed by atoms with van der Waals surface area (Å²) in [5.74, 6) is 0.708. The maximum atomic E-state index is 11.7. The highest BCUT2D eigenvalue weighted by Gasteiger charge is 2.29. The third kappa shape index (κ3) is 5.41. The van der Waals surface area contributed by atoms with Gasteiger partial charge in [0, 0.05) is 11.9 Å². The van der Waals surface area contributed by atoms with E-state index in [0.29, 0.717) is 18.7 Å². The van der Waals surface area contributed by atoms with E-state index in [-0.39, 0.29) is 24.5 Å². The van der Waals surface area contributed by atoms with E-state index in [0.717, 1.165) is 6.42 Å². The van der Waals surface area contributed by atoms with Gasteiger partial charge in [0.05, 0.1) is 6.61 Å². The predicted octanol–water partition coefficient (Wildman–Crippen LogP) is 0.306. The van der Waals surface area contributed by atoms with Gasteiger partial charge in [-0.1, -0.05) is 0 Å². The summed E-state index contributed by atoms with van der Waals surface area (Å²) in [7, 11) is 0. The molecule has 10 heteroatoms. The summed E-state index contributed by atoms with van der Waals surface area (Å²) in [4.78, 5) is 26.8. The van der Waals surface area contributed by atoms with Gasteiger partial charge in [0.1, 0.15) is 24.1 Å². The zero-order valence-electron chi connectivity index (χ0n) is 12.6. The summed E-state index contributed by atoms with van der Waals surface area (Å²) in [5.41, 5.74) is 9.95. The van der Waals surface area contributed by atoms with E-state index >= 15 is 0 Å². The van der Waals surface area contributed by atoms with Crippen LogP contribution in [0, 0.1) is 0 Å². The van der Waals surface area contributed by atoms with Crippen LogP contribution < -0.4 is 17.2 Å². The van der Waals surface area contributed by atoms with Crippen molar-refractivity contribution >= 4 is 23.7 Å². The molecule has 0 aromatic carbocycles. The van der Waals surface area contributed by atoms with Crippen LogP contribution in [0.4, 0.5) is 10.6 Å². The molecule has 0 bridgehead atoms. The number of aromatic nitrogens is 2. The van der Waals surface area contributed by atoms with E-state index in [2.05, 4.69) is 4.98 Å². The minimum absolute atomic E-state index is 0.0496. The number of thioether (sulfide) groups is 1. The molecule has 1 saturated heterocycles. The molecule has 0 saturated carbocycles. The SMILES string of the molecule is NCCCCOC(=O)OC[C@H]1O[C@H](n2ccc(N)nc2=O)CS1. The second kappa shape index (κ2) is 8.75. The predicted molar refractivity (Wildman–Crippen MR) is 84.9 cm³/mol. The molecule has 4 N–H and O–H groups in total. The second-order valence-corrected chi connectivity index (χ2v) is 5.99. The number of hydrogen-bond acceptors (Lipinski definition) is 9. The van der Waals surface area contributed by atoms with Crippen LogP contribution >= 0.6 is 11.8 Å². The summed E-state index contributed by atoms with van der Waals surface area (Å²) in [6.45, 7) is 0.892. The normalized spacial score (nSPS) is 20.4. The van der Waals surface area contributed by atoms with Gasteiger partial charge in [-0.3, -0.25) is 4.57 Å². The molecule has 9 nitrogen and oxygen atoms in total. The number of carbonyl (C=O) groups excluding carboxylic acids is 1. The van der Waals surface area contributed by atoms with Crippen LogP contribution in [0.3, 0.4) is 0 Å². The van der Waals surface area contributed by atoms with Gasteiger partial charge < -0.3 is 25.7 Å². The number of ether oxygens (including phenoxy) is 3. The van der Waals surface area contributed by atoms with E-state index in [1.165, 1.54) is 28.6 Å². The Morgan fingerprint density at radius 2 is 2.30 bits per heavy atom. The average Bonchev–Trinajstić information content (AvgIpc) is 2.98. The Labute approximate surface area is 137 Å². The van der Waals surface area contributed by atoms with Crippen molar-refractivity contribution in [3.8, 4) is 0 Å². The van der Waals surface area contributed by atoms with Crippen LogP contribution in [-0.4, -0.2) is 46.7 Å². The lowest BCUT2D eigenvalue weighted by Crippen LogP contribution is -2.29. The lowest BCUT2D eigenvalue weighted by Gasteiger charge is -2.14. The van der Waals surface area contributed by atoms with Crippen LogP contribution in [0.25, 0.3) is 0 Å². The van der Waals surface area contributed by atoms with Crippen molar-refractivity contribution < 1.29 is 19.0 Å². The summed E-state index contributed by atoms with van der Waals surface area (Å²) in [5, 5.41) is 0. The molecule has 128 valence electrons. The van der Waals surface area contributed by atoms with E-state index < -0.39 is 18.1 Å². The number of hydrogen-bond donors (Lipinski definition) is 2. The van der Waals surface area contributed by atoms with Crippen LogP contribution in [-0.2, 0) is 14.2 Å². The maximum Gasteiger partial charge on any atom is 0.508 e. The van der Waals surface area contributed by atoms with Gasteiger partial charge in [0.2, 0.25) is 0 Å². The smallest absolute Gasteiger partial charge is 0.434 e. The maximum absolute atomic E-state index is 11.7. The third-order valence-electron chi connectivity index (χ3n) is 3.05. The van der Waals surface area contributed by atoms with Crippen molar-refractivity contribution in [2.75, 3.05) is 31.2 Å². The quantitative estimate of drug-likeness (QED) is 0.529. The molecule has 2 heterocycles.